The van der Waals surface area contributed by atoms with E-state index in [9.17, 15) is 0 Å². The Hall–Kier alpha value is -2.42. The minimum Gasteiger partial charge on any atom is -0.497 e. The average molecular weight is 298 g/mol. The van der Waals surface area contributed by atoms with Crippen molar-refractivity contribution in [2.24, 2.45) is 0 Å². The Morgan fingerprint density at radius 3 is 2.09 bits per heavy atom. The zero-order chi connectivity index (χ0) is 15.9. The molecule has 2 aromatic rings. The molecule has 0 atom stereocenters. The molecule has 0 aliphatic carbocycles. The molecule has 0 heterocycles. The smallest absolute Gasteiger partial charge is 0.164 e. The molecule has 0 aromatic heterocycles. The second-order valence-electron chi connectivity index (χ2n) is 4.83. The molecule has 0 unspecified atom stereocenters. The lowest BCUT2D eigenvalue weighted by Gasteiger charge is -2.14. The van der Waals surface area contributed by atoms with Crippen LogP contribution in [0.1, 0.15) is 23.6 Å². The molecular formula is C19H22O3. The van der Waals surface area contributed by atoms with Crippen molar-refractivity contribution < 1.29 is 14.2 Å². The van der Waals surface area contributed by atoms with Crippen LogP contribution in [0.4, 0.5) is 0 Å². The van der Waals surface area contributed by atoms with Crippen LogP contribution in [0.15, 0.2) is 36.4 Å². The topological polar surface area (TPSA) is 27.7 Å². The Morgan fingerprint density at radius 1 is 0.818 bits per heavy atom. The van der Waals surface area contributed by atoms with Crippen molar-refractivity contribution in [1.29, 1.82) is 0 Å². The van der Waals surface area contributed by atoms with Gasteiger partial charge in [-0.2, -0.15) is 0 Å². The molecule has 0 amide bonds. The second kappa shape index (κ2) is 7.55. The number of rotatable bonds is 6. The SMILES string of the molecule is CCc1c(/C=C/c2ccc(OC)cc2)ccc(OC)c1OC. The maximum absolute atomic E-state index is 5.51. The lowest BCUT2D eigenvalue weighted by Crippen LogP contribution is -1.97. The molecule has 2 rings (SSSR count). The zero-order valence-corrected chi connectivity index (χ0v) is 13.6. The van der Waals surface area contributed by atoms with Crippen LogP contribution in [-0.4, -0.2) is 21.3 Å². The van der Waals surface area contributed by atoms with Gasteiger partial charge in [-0.25, -0.2) is 0 Å². The van der Waals surface area contributed by atoms with E-state index in [1.54, 1.807) is 21.3 Å². The summed E-state index contributed by atoms with van der Waals surface area (Å²) in [6, 6.07) is 12.0. The predicted octanol–water partition coefficient (Wildman–Crippen LogP) is 4.45. The van der Waals surface area contributed by atoms with Gasteiger partial charge >= 0.3 is 0 Å². The average Bonchev–Trinajstić information content (AvgIpc) is 2.59. The third-order valence-electron chi connectivity index (χ3n) is 3.61. The second-order valence-corrected chi connectivity index (χ2v) is 4.83. The first-order valence-corrected chi connectivity index (χ1v) is 7.29. The van der Waals surface area contributed by atoms with Gasteiger partial charge in [0.2, 0.25) is 0 Å². The Kier molecular flexibility index (Phi) is 5.48. The molecule has 0 saturated heterocycles. The van der Waals surface area contributed by atoms with E-state index in [1.807, 2.05) is 30.3 Å². The summed E-state index contributed by atoms with van der Waals surface area (Å²) in [6.07, 6.45) is 5.06. The summed E-state index contributed by atoms with van der Waals surface area (Å²) in [6.45, 7) is 2.11. The summed E-state index contributed by atoms with van der Waals surface area (Å²) in [7, 11) is 5.00. The van der Waals surface area contributed by atoms with E-state index >= 15 is 0 Å². The molecule has 3 heteroatoms. The molecular weight excluding hydrogens is 276 g/mol. The fourth-order valence-corrected chi connectivity index (χ4v) is 2.43. The van der Waals surface area contributed by atoms with Gasteiger partial charge in [-0.05, 0) is 35.7 Å². The fourth-order valence-electron chi connectivity index (χ4n) is 2.43. The van der Waals surface area contributed by atoms with E-state index in [2.05, 4.69) is 25.1 Å². The maximum atomic E-state index is 5.51. The Balaban J connectivity index is 2.33. The van der Waals surface area contributed by atoms with Gasteiger partial charge in [-0.1, -0.05) is 37.3 Å². The van der Waals surface area contributed by atoms with E-state index in [0.717, 1.165) is 40.4 Å². The van der Waals surface area contributed by atoms with E-state index in [-0.39, 0.29) is 0 Å². The molecule has 116 valence electrons. The molecule has 0 aliphatic rings. The largest absolute Gasteiger partial charge is 0.497 e. The van der Waals surface area contributed by atoms with Crippen LogP contribution in [-0.2, 0) is 6.42 Å². The van der Waals surface area contributed by atoms with Crippen LogP contribution >= 0.6 is 0 Å². The highest BCUT2D eigenvalue weighted by Crippen LogP contribution is 2.34. The monoisotopic (exact) mass is 298 g/mol. The lowest BCUT2D eigenvalue weighted by molar-refractivity contribution is 0.352. The van der Waals surface area contributed by atoms with Crippen LogP contribution in [0.2, 0.25) is 0 Å². The molecule has 2 aromatic carbocycles. The van der Waals surface area contributed by atoms with Crippen molar-refractivity contribution in [2.75, 3.05) is 21.3 Å². The number of ether oxygens (including phenoxy) is 3. The minimum absolute atomic E-state index is 0.765. The van der Waals surface area contributed by atoms with Gasteiger partial charge in [-0.15, -0.1) is 0 Å². The van der Waals surface area contributed by atoms with E-state index < -0.39 is 0 Å². The fraction of sp³-hybridized carbons (Fsp3) is 0.263. The zero-order valence-electron chi connectivity index (χ0n) is 13.6. The molecule has 0 saturated carbocycles. The van der Waals surface area contributed by atoms with Crippen molar-refractivity contribution in [3.8, 4) is 17.2 Å². The molecule has 0 aliphatic heterocycles. The summed E-state index contributed by atoms with van der Waals surface area (Å²) in [5.41, 5.74) is 3.40. The van der Waals surface area contributed by atoms with E-state index in [1.165, 1.54) is 0 Å². The van der Waals surface area contributed by atoms with E-state index in [4.69, 9.17) is 14.2 Å². The summed E-state index contributed by atoms with van der Waals surface area (Å²) >= 11 is 0. The summed E-state index contributed by atoms with van der Waals surface area (Å²) < 4.78 is 16.0. The van der Waals surface area contributed by atoms with E-state index in [0.29, 0.717) is 0 Å². The molecule has 0 spiro atoms. The maximum Gasteiger partial charge on any atom is 0.164 e. The molecule has 22 heavy (non-hydrogen) atoms. The number of methoxy groups -OCH3 is 3. The van der Waals surface area contributed by atoms with Crippen LogP contribution in [0.5, 0.6) is 17.2 Å². The van der Waals surface area contributed by atoms with Crippen molar-refractivity contribution in [2.45, 2.75) is 13.3 Å². The number of hydrogen-bond donors (Lipinski definition) is 0. The Labute approximate surface area is 132 Å². The van der Waals surface area contributed by atoms with Crippen molar-refractivity contribution in [1.82, 2.24) is 0 Å². The number of benzene rings is 2. The van der Waals surface area contributed by atoms with Gasteiger partial charge in [0.1, 0.15) is 5.75 Å². The highest BCUT2D eigenvalue weighted by Gasteiger charge is 2.11. The van der Waals surface area contributed by atoms with Gasteiger partial charge in [0.25, 0.3) is 0 Å². The standard InChI is InChI=1S/C19H22O3/c1-5-17-15(10-13-18(21-3)19(17)22-4)9-6-14-7-11-16(20-2)12-8-14/h6-13H,5H2,1-4H3/b9-6+. The normalized spacial score (nSPS) is 10.7. The van der Waals surface area contributed by atoms with Crippen LogP contribution in [0.25, 0.3) is 12.2 Å². The third-order valence-corrected chi connectivity index (χ3v) is 3.61. The third kappa shape index (κ3) is 3.42. The summed E-state index contributed by atoms with van der Waals surface area (Å²) in [5, 5.41) is 0. The molecule has 0 bridgehead atoms. The molecule has 0 N–H and O–H groups in total. The van der Waals surface area contributed by atoms with Gasteiger partial charge in [0.05, 0.1) is 21.3 Å². The van der Waals surface area contributed by atoms with Crippen molar-refractivity contribution in [3.05, 3.63) is 53.1 Å². The Bertz CT molecular complexity index is 642. The quantitative estimate of drug-likeness (QED) is 0.738. The first-order chi connectivity index (χ1) is 10.7. The highest BCUT2D eigenvalue weighted by atomic mass is 16.5. The van der Waals surface area contributed by atoms with Crippen molar-refractivity contribution >= 4 is 12.2 Å². The van der Waals surface area contributed by atoms with Crippen LogP contribution < -0.4 is 14.2 Å². The van der Waals surface area contributed by atoms with Gasteiger partial charge < -0.3 is 14.2 Å². The first kappa shape index (κ1) is 16.0. The molecule has 3 nitrogen and oxygen atoms in total. The highest BCUT2D eigenvalue weighted by molar-refractivity contribution is 5.73. The Morgan fingerprint density at radius 2 is 1.55 bits per heavy atom. The van der Waals surface area contributed by atoms with Gasteiger partial charge in [0, 0.05) is 5.56 Å². The predicted molar refractivity (Wildman–Crippen MR) is 90.8 cm³/mol. The first-order valence-electron chi connectivity index (χ1n) is 7.29. The summed E-state index contributed by atoms with van der Waals surface area (Å²) in [5.74, 6) is 2.43. The van der Waals surface area contributed by atoms with Crippen LogP contribution in [0, 0.1) is 0 Å². The van der Waals surface area contributed by atoms with Gasteiger partial charge in [0.15, 0.2) is 11.5 Å². The number of hydrogen-bond acceptors (Lipinski definition) is 3. The molecule has 0 fully saturated rings. The van der Waals surface area contributed by atoms with Crippen LogP contribution in [0.3, 0.4) is 0 Å². The van der Waals surface area contributed by atoms with Crippen molar-refractivity contribution in [3.63, 3.8) is 0 Å². The summed E-state index contributed by atoms with van der Waals surface area (Å²) in [4.78, 5) is 0. The van der Waals surface area contributed by atoms with Gasteiger partial charge in [-0.3, -0.25) is 0 Å². The molecule has 0 radical (unpaired) electrons. The minimum atomic E-state index is 0.765. The lowest BCUT2D eigenvalue weighted by atomic mass is 10.0.